The summed E-state index contributed by atoms with van der Waals surface area (Å²) in [7, 11) is 1.26. The van der Waals surface area contributed by atoms with E-state index in [1.54, 1.807) is 12.1 Å². The van der Waals surface area contributed by atoms with Gasteiger partial charge in [-0.15, -0.1) is 0 Å². The van der Waals surface area contributed by atoms with Gasteiger partial charge in [0.1, 0.15) is 11.8 Å². The number of hydrogen-bond acceptors (Lipinski definition) is 5. The van der Waals surface area contributed by atoms with Crippen LogP contribution >= 0.6 is 0 Å². The van der Waals surface area contributed by atoms with E-state index in [1.165, 1.54) is 19.2 Å². The molecule has 0 radical (unpaired) electrons. The van der Waals surface area contributed by atoms with Crippen LogP contribution in [0.3, 0.4) is 0 Å². The first-order chi connectivity index (χ1) is 21.0. The van der Waals surface area contributed by atoms with Gasteiger partial charge in [0.25, 0.3) is 5.91 Å². The van der Waals surface area contributed by atoms with Gasteiger partial charge in [0.15, 0.2) is 0 Å². The number of benzene rings is 1. The Balaban J connectivity index is 2.11. The molecule has 0 aliphatic rings. The third kappa shape index (κ3) is 19.6. The van der Waals surface area contributed by atoms with Crippen LogP contribution in [0, 0.1) is 0 Å². The predicted octanol–water partition coefficient (Wildman–Crippen LogP) is 7.43. The van der Waals surface area contributed by atoms with Gasteiger partial charge in [-0.3, -0.25) is 9.59 Å². The molecule has 0 aliphatic heterocycles. The Morgan fingerprint density at radius 1 is 0.791 bits per heavy atom. The number of ether oxygens (including phenoxy) is 1. The molecule has 0 saturated carbocycles. The number of carbonyl (C=O) groups is 3. The van der Waals surface area contributed by atoms with Crippen molar-refractivity contribution in [2.45, 2.75) is 83.6 Å². The minimum absolute atomic E-state index is 0.0168. The van der Waals surface area contributed by atoms with Crippen molar-refractivity contribution in [1.82, 2.24) is 10.6 Å². The summed E-state index contributed by atoms with van der Waals surface area (Å²) in [6, 6.07) is 5.30. The van der Waals surface area contributed by atoms with E-state index in [1.807, 2.05) is 6.08 Å². The standard InChI is InChI=1S/C36H50N2O5/c1-3-4-5-6-7-8-9-10-11-12-13-14-15-16-17-18-19-20-21-29-34(40)37-30-25-24-27-32(36(42)43-2)38-35(41)31-26-22-23-28-33(31)39/h4-5,7-8,10-11,13-14,16-17,19-20,22-23,26,28,32,39H,3,6,9,12,15,18,21,24-25,27,29-30H2,1-2H3,(H,37,40)(H,38,41)/b5-4-,8-7-,11-10-,14-13-,17-16-,20-19-. The molecule has 2 amide bonds. The van der Waals surface area contributed by atoms with E-state index in [0.717, 1.165) is 38.5 Å². The Morgan fingerprint density at radius 2 is 1.33 bits per heavy atom. The number of esters is 1. The third-order valence-corrected chi connectivity index (χ3v) is 6.32. The molecule has 234 valence electrons. The van der Waals surface area contributed by atoms with E-state index in [2.05, 4.69) is 84.4 Å². The van der Waals surface area contributed by atoms with Crippen molar-refractivity contribution in [3.8, 4) is 5.75 Å². The molecule has 0 aromatic heterocycles. The SMILES string of the molecule is CC/C=C\C/C=C\C/C=C\C/C=C\C/C=C\C/C=C\CCC(=O)NCCCCC(NC(=O)c1ccccc1O)C(=O)OC. The van der Waals surface area contributed by atoms with Gasteiger partial charge >= 0.3 is 5.97 Å². The molecule has 0 saturated heterocycles. The third-order valence-electron chi connectivity index (χ3n) is 6.32. The number of amides is 2. The van der Waals surface area contributed by atoms with Crippen LogP contribution < -0.4 is 10.6 Å². The first-order valence-electron chi connectivity index (χ1n) is 15.3. The molecule has 1 aromatic carbocycles. The summed E-state index contributed by atoms with van der Waals surface area (Å²) >= 11 is 0. The van der Waals surface area contributed by atoms with Gasteiger partial charge in [0.2, 0.25) is 5.91 Å². The van der Waals surface area contributed by atoms with Gasteiger partial charge in [-0.1, -0.05) is 92.0 Å². The Kier molecular flexibility index (Phi) is 21.9. The molecule has 1 rings (SSSR count). The minimum Gasteiger partial charge on any atom is -0.507 e. The molecule has 7 heteroatoms. The monoisotopic (exact) mass is 590 g/mol. The van der Waals surface area contributed by atoms with Gasteiger partial charge in [-0.25, -0.2) is 4.79 Å². The number of carbonyl (C=O) groups excluding carboxylic acids is 3. The lowest BCUT2D eigenvalue weighted by Crippen LogP contribution is -2.41. The topological polar surface area (TPSA) is 105 Å². The molecule has 0 bridgehead atoms. The van der Waals surface area contributed by atoms with Gasteiger partial charge in [0.05, 0.1) is 12.7 Å². The number of phenols is 1. The van der Waals surface area contributed by atoms with Gasteiger partial charge in [0, 0.05) is 13.0 Å². The zero-order valence-corrected chi connectivity index (χ0v) is 25.9. The Bertz CT molecular complexity index is 1110. The van der Waals surface area contributed by atoms with Gasteiger partial charge < -0.3 is 20.5 Å². The molecule has 1 aromatic rings. The van der Waals surface area contributed by atoms with Gasteiger partial charge in [-0.05, 0) is 76.3 Å². The van der Waals surface area contributed by atoms with Crippen LogP contribution in [0.2, 0.25) is 0 Å². The Labute approximate surface area is 258 Å². The van der Waals surface area contributed by atoms with E-state index in [4.69, 9.17) is 4.74 Å². The number of methoxy groups -OCH3 is 1. The van der Waals surface area contributed by atoms with Crippen molar-refractivity contribution in [2.75, 3.05) is 13.7 Å². The maximum absolute atomic E-state index is 12.4. The van der Waals surface area contributed by atoms with E-state index >= 15 is 0 Å². The number of para-hydroxylation sites is 1. The molecular weight excluding hydrogens is 540 g/mol. The quantitative estimate of drug-likeness (QED) is 0.0740. The fourth-order valence-electron chi connectivity index (χ4n) is 3.94. The average molecular weight is 591 g/mol. The summed E-state index contributed by atoms with van der Waals surface area (Å²) in [5.74, 6) is -1.27. The van der Waals surface area contributed by atoms with Crippen molar-refractivity contribution >= 4 is 17.8 Å². The highest BCUT2D eigenvalue weighted by Gasteiger charge is 2.22. The molecule has 0 aliphatic carbocycles. The number of phenolic OH excluding ortho intramolecular Hbond substituents is 1. The summed E-state index contributed by atoms with van der Waals surface area (Å²) in [6.45, 7) is 2.63. The second-order valence-corrected chi connectivity index (χ2v) is 9.87. The van der Waals surface area contributed by atoms with Gasteiger partial charge in [-0.2, -0.15) is 0 Å². The van der Waals surface area contributed by atoms with Crippen LogP contribution in [0.5, 0.6) is 5.75 Å². The lowest BCUT2D eigenvalue weighted by atomic mass is 10.1. The predicted molar refractivity (Wildman–Crippen MR) is 176 cm³/mol. The Morgan fingerprint density at radius 3 is 1.86 bits per heavy atom. The van der Waals surface area contributed by atoms with Crippen LogP contribution in [0.15, 0.2) is 97.2 Å². The number of nitrogens with one attached hydrogen (secondary N) is 2. The molecule has 7 nitrogen and oxygen atoms in total. The first kappa shape index (κ1) is 36.9. The van der Waals surface area contributed by atoms with E-state index < -0.39 is 17.9 Å². The maximum Gasteiger partial charge on any atom is 0.328 e. The highest BCUT2D eigenvalue weighted by atomic mass is 16.5. The maximum atomic E-state index is 12.4. The van der Waals surface area contributed by atoms with Crippen molar-refractivity contribution in [3.63, 3.8) is 0 Å². The van der Waals surface area contributed by atoms with Crippen molar-refractivity contribution in [3.05, 3.63) is 103 Å². The van der Waals surface area contributed by atoms with Crippen molar-refractivity contribution in [2.24, 2.45) is 0 Å². The number of aromatic hydroxyl groups is 1. The summed E-state index contributed by atoms with van der Waals surface area (Å²) in [4.78, 5) is 36.6. The van der Waals surface area contributed by atoms with E-state index in [-0.39, 0.29) is 17.2 Å². The largest absolute Gasteiger partial charge is 0.507 e. The highest BCUT2D eigenvalue weighted by molar-refractivity contribution is 5.98. The zero-order valence-electron chi connectivity index (χ0n) is 25.9. The van der Waals surface area contributed by atoms with Crippen LogP contribution in [0.4, 0.5) is 0 Å². The summed E-state index contributed by atoms with van der Waals surface area (Å²) < 4.78 is 4.80. The summed E-state index contributed by atoms with van der Waals surface area (Å²) in [5.41, 5.74) is 0.0931. The molecule has 43 heavy (non-hydrogen) atoms. The number of unbranched alkanes of at least 4 members (excludes halogenated alkanes) is 1. The smallest absolute Gasteiger partial charge is 0.328 e. The molecular formula is C36H50N2O5. The minimum atomic E-state index is -0.832. The molecule has 0 fully saturated rings. The van der Waals surface area contributed by atoms with Crippen LogP contribution in [0.25, 0.3) is 0 Å². The fraction of sp³-hybridized carbons (Fsp3) is 0.417. The van der Waals surface area contributed by atoms with Crippen LogP contribution in [-0.2, 0) is 14.3 Å². The summed E-state index contributed by atoms with van der Waals surface area (Å²) in [5, 5.41) is 15.4. The molecule has 0 heterocycles. The average Bonchev–Trinajstić information content (AvgIpc) is 3.01. The van der Waals surface area contributed by atoms with Crippen LogP contribution in [0.1, 0.15) is 87.9 Å². The lowest BCUT2D eigenvalue weighted by Gasteiger charge is -2.17. The number of allylic oxidation sites excluding steroid dienone is 12. The second-order valence-electron chi connectivity index (χ2n) is 9.87. The van der Waals surface area contributed by atoms with E-state index in [9.17, 15) is 19.5 Å². The number of rotatable bonds is 22. The molecule has 3 N–H and O–H groups in total. The highest BCUT2D eigenvalue weighted by Crippen LogP contribution is 2.16. The molecule has 1 atom stereocenters. The van der Waals surface area contributed by atoms with Crippen molar-refractivity contribution < 1.29 is 24.2 Å². The molecule has 1 unspecified atom stereocenters. The number of hydrogen-bond donors (Lipinski definition) is 3. The zero-order chi connectivity index (χ0) is 31.4. The van der Waals surface area contributed by atoms with Crippen LogP contribution in [-0.4, -0.2) is 42.6 Å². The summed E-state index contributed by atoms with van der Waals surface area (Å²) in [6.07, 6.45) is 34.4. The van der Waals surface area contributed by atoms with Crippen molar-refractivity contribution in [1.29, 1.82) is 0 Å². The lowest BCUT2D eigenvalue weighted by molar-refractivity contribution is -0.143. The normalized spacial score (nSPS) is 12.8. The van der Waals surface area contributed by atoms with E-state index in [0.29, 0.717) is 38.6 Å². The first-order valence-corrected chi connectivity index (χ1v) is 15.3. The Hall–Kier alpha value is -4.13. The fourth-order valence-corrected chi connectivity index (χ4v) is 3.94. The second kappa shape index (κ2) is 25.6. The molecule has 0 spiro atoms.